The van der Waals surface area contributed by atoms with Gasteiger partial charge in [-0.05, 0) is 36.8 Å². The van der Waals surface area contributed by atoms with Gasteiger partial charge in [0.05, 0.1) is 5.69 Å². The summed E-state index contributed by atoms with van der Waals surface area (Å²) in [6.07, 6.45) is 0. The molecular weight excluding hydrogens is 241 g/mol. The molecule has 0 bridgehead atoms. The van der Waals surface area contributed by atoms with Gasteiger partial charge in [0.2, 0.25) is 0 Å². The number of hydrogen-bond donors (Lipinski definition) is 1. The van der Waals surface area contributed by atoms with Crippen molar-refractivity contribution in [3.63, 3.8) is 0 Å². The first kappa shape index (κ1) is 11.7. The van der Waals surface area contributed by atoms with Crippen LogP contribution in [0.1, 0.15) is 5.56 Å². The Bertz CT molecular complexity index is 557. The molecule has 0 unspecified atom stereocenters. The predicted molar refractivity (Wildman–Crippen MR) is 67.1 cm³/mol. The molecule has 0 aliphatic heterocycles. The summed E-state index contributed by atoms with van der Waals surface area (Å²) in [6.45, 7) is 1.89. The van der Waals surface area contributed by atoms with Gasteiger partial charge >= 0.3 is 0 Å². The maximum Gasteiger partial charge on any atom is 0.150 e. The highest BCUT2D eigenvalue weighted by molar-refractivity contribution is 6.30. The van der Waals surface area contributed by atoms with E-state index < -0.39 is 5.82 Å². The fraction of sp³-hybridized carbons (Fsp3) is 0.0769. The van der Waals surface area contributed by atoms with E-state index in [-0.39, 0.29) is 5.69 Å². The standard InChI is InChI=1S/C13H11ClFNO/c1-8-2-3-9(14)6-13(8)17-12-5-4-10(15)7-11(12)16/h2-7H,16H2,1H3. The van der Waals surface area contributed by atoms with Crippen LogP contribution < -0.4 is 10.5 Å². The van der Waals surface area contributed by atoms with Crippen LogP contribution in [0.25, 0.3) is 0 Å². The van der Waals surface area contributed by atoms with E-state index in [4.69, 9.17) is 22.1 Å². The molecule has 0 saturated heterocycles. The summed E-state index contributed by atoms with van der Waals surface area (Å²) >= 11 is 5.88. The number of anilines is 1. The highest BCUT2D eigenvalue weighted by Gasteiger charge is 2.06. The molecule has 0 atom stereocenters. The molecule has 0 radical (unpaired) electrons. The Morgan fingerprint density at radius 1 is 1.12 bits per heavy atom. The molecule has 17 heavy (non-hydrogen) atoms. The van der Waals surface area contributed by atoms with E-state index in [1.165, 1.54) is 18.2 Å². The van der Waals surface area contributed by atoms with Crippen molar-refractivity contribution < 1.29 is 9.13 Å². The molecular formula is C13H11ClFNO. The largest absolute Gasteiger partial charge is 0.455 e. The number of hydrogen-bond acceptors (Lipinski definition) is 2. The number of ether oxygens (including phenoxy) is 1. The molecule has 0 spiro atoms. The van der Waals surface area contributed by atoms with Crippen LogP contribution in [0.2, 0.25) is 5.02 Å². The van der Waals surface area contributed by atoms with Crippen molar-refractivity contribution in [3.05, 3.63) is 52.8 Å². The monoisotopic (exact) mass is 251 g/mol. The van der Waals surface area contributed by atoms with E-state index in [0.717, 1.165) is 5.56 Å². The van der Waals surface area contributed by atoms with Crippen LogP contribution in [0.15, 0.2) is 36.4 Å². The molecule has 2 N–H and O–H groups in total. The van der Waals surface area contributed by atoms with E-state index in [0.29, 0.717) is 16.5 Å². The van der Waals surface area contributed by atoms with E-state index >= 15 is 0 Å². The smallest absolute Gasteiger partial charge is 0.150 e. The topological polar surface area (TPSA) is 35.2 Å². The van der Waals surface area contributed by atoms with Crippen molar-refractivity contribution in [1.29, 1.82) is 0 Å². The van der Waals surface area contributed by atoms with Gasteiger partial charge in [-0.2, -0.15) is 0 Å². The van der Waals surface area contributed by atoms with Crippen molar-refractivity contribution in [2.24, 2.45) is 0 Å². The lowest BCUT2D eigenvalue weighted by Gasteiger charge is -2.11. The van der Waals surface area contributed by atoms with Crippen molar-refractivity contribution in [2.75, 3.05) is 5.73 Å². The maximum atomic E-state index is 12.9. The van der Waals surface area contributed by atoms with Gasteiger partial charge in [-0.3, -0.25) is 0 Å². The first-order valence-corrected chi connectivity index (χ1v) is 5.43. The number of rotatable bonds is 2. The zero-order valence-electron chi connectivity index (χ0n) is 9.21. The Morgan fingerprint density at radius 3 is 2.59 bits per heavy atom. The molecule has 0 saturated carbocycles. The second kappa shape index (κ2) is 4.63. The minimum atomic E-state index is -0.391. The molecule has 4 heteroatoms. The summed E-state index contributed by atoms with van der Waals surface area (Å²) in [5, 5.41) is 0.575. The van der Waals surface area contributed by atoms with Crippen LogP contribution >= 0.6 is 11.6 Å². The van der Waals surface area contributed by atoms with E-state index in [1.807, 2.05) is 13.0 Å². The van der Waals surface area contributed by atoms with Crippen LogP contribution in [-0.2, 0) is 0 Å². The van der Waals surface area contributed by atoms with E-state index in [2.05, 4.69) is 0 Å². The first-order valence-electron chi connectivity index (χ1n) is 5.05. The molecule has 2 rings (SSSR count). The van der Waals surface area contributed by atoms with Crippen molar-refractivity contribution in [2.45, 2.75) is 6.92 Å². The van der Waals surface area contributed by atoms with Crippen LogP contribution in [0.3, 0.4) is 0 Å². The molecule has 88 valence electrons. The summed E-state index contributed by atoms with van der Waals surface area (Å²) in [6, 6.07) is 9.32. The quantitative estimate of drug-likeness (QED) is 0.814. The molecule has 0 aliphatic rings. The summed E-state index contributed by atoms with van der Waals surface area (Å²) < 4.78 is 18.5. The third-order valence-electron chi connectivity index (χ3n) is 2.34. The Kier molecular flexibility index (Phi) is 3.20. The summed E-state index contributed by atoms with van der Waals surface area (Å²) in [4.78, 5) is 0. The van der Waals surface area contributed by atoms with Crippen molar-refractivity contribution in [3.8, 4) is 11.5 Å². The van der Waals surface area contributed by atoms with Crippen LogP contribution in [-0.4, -0.2) is 0 Å². The lowest BCUT2D eigenvalue weighted by Crippen LogP contribution is -1.94. The highest BCUT2D eigenvalue weighted by Crippen LogP contribution is 2.31. The fourth-order valence-corrected chi connectivity index (χ4v) is 1.58. The Morgan fingerprint density at radius 2 is 1.88 bits per heavy atom. The summed E-state index contributed by atoms with van der Waals surface area (Å²) in [7, 11) is 0. The van der Waals surface area contributed by atoms with Gasteiger partial charge in [-0.15, -0.1) is 0 Å². The zero-order chi connectivity index (χ0) is 12.4. The summed E-state index contributed by atoms with van der Waals surface area (Å²) in [5.74, 6) is 0.630. The molecule has 0 aromatic heterocycles. The molecule has 2 aromatic carbocycles. The zero-order valence-corrected chi connectivity index (χ0v) is 9.96. The summed E-state index contributed by atoms with van der Waals surface area (Å²) in [5.41, 5.74) is 6.84. The van der Waals surface area contributed by atoms with Gasteiger partial charge in [0.25, 0.3) is 0 Å². The minimum absolute atomic E-state index is 0.254. The number of halogens is 2. The Balaban J connectivity index is 2.34. The van der Waals surface area contributed by atoms with Crippen LogP contribution in [0.4, 0.5) is 10.1 Å². The van der Waals surface area contributed by atoms with Crippen LogP contribution in [0, 0.1) is 12.7 Å². The average molecular weight is 252 g/mol. The minimum Gasteiger partial charge on any atom is -0.455 e. The third kappa shape index (κ3) is 2.68. The van der Waals surface area contributed by atoms with Gasteiger partial charge in [0.15, 0.2) is 5.75 Å². The van der Waals surface area contributed by atoms with E-state index in [1.54, 1.807) is 12.1 Å². The van der Waals surface area contributed by atoms with E-state index in [9.17, 15) is 4.39 Å². The maximum absolute atomic E-state index is 12.9. The Labute approximate surface area is 104 Å². The molecule has 2 nitrogen and oxygen atoms in total. The predicted octanol–water partition coefficient (Wildman–Crippen LogP) is 4.16. The first-order chi connectivity index (χ1) is 8.06. The second-order valence-electron chi connectivity index (χ2n) is 3.69. The fourth-order valence-electron chi connectivity index (χ4n) is 1.41. The number of nitrogens with two attached hydrogens (primary N) is 1. The molecule has 0 fully saturated rings. The lowest BCUT2D eigenvalue weighted by molar-refractivity contribution is 0.479. The van der Waals surface area contributed by atoms with Gasteiger partial charge < -0.3 is 10.5 Å². The average Bonchev–Trinajstić information content (AvgIpc) is 2.27. The molecule has 0 amide bonds. The van der Waals surface area contributed by atoms with Gasteiger partial charge in [0, 0.05) is 11.1 Å². The van der Waals surface area contributed by atoms with Crippen LogP contribution in [0.5, 0.6) is 11.5 Å². The number of benzene rings is 2. The second-order valence-corrected chi connectivity index (χ2v) is 4.13. The highest BCUT2D eigenvalue weighted by atomic mass is 35.5. The van der Waals surface area contributed by atoms with Crippen molar-refractivity contribution >= 4 is 17.3 Å². The van der Waals surface area contributed by atoms with Gasteiger partial charge in [-0.1, -0.05) is 17.7 Å². The molecule has 0 aliphatic carbocycles. The molecule has 0 heterocycles. The Hall–Kier alpha value is -1.74. The van der Waals surface area contributed by atoms with Crippen molar-refractivity contribution in [1.82, 2.24) is 0 Å². The molecule has 2 aromatic rings. The normalized spacial score (nSPS) is 10.3. The van der Waals surface area contributed by atoms with Gasteiger partial charge in [-0.25, -0.2) is 4.39 Å². The number of nitrogen functional groups attached to an aromatic ring is 1. The third-order valence-corrected chi connectivity index (χ3v) is 2.58. The van der Waals surface area contributed by atoms with Gasteiger partial charge in [0.1, 0.15) is 11.6 Å². The number of aryl methyl sites for hydroxylation is 1. The SMILES string of the molecule is Cc1ccc(Cl)cc1Oc1ccc(F)cc1N. The lowest BCUT2D eigenvalue weighted by atomic mass is 10.2.